The van der Waals surface area contributed by atoms with Crippen LogP contribution in [0.1, 0.15) is 38.7 Å². The Bertz CT molecular complexity index is 459. The molecule has 0 aromatic heterocycles. The third kappa shape index (κ3) is 4.76. The highest BCUT2D eigenvalue weighted by Crippen LogP contribution is 2.34. The van der Waals surface area contributed by atoms with E-state index < -0.39 is 0 Å². The Balaban J connectivity index is 1.88. The summed E-state index contributed by atoms with van der Waals surface area (Å²) in [7, 11) is 0. The van der Waals surface area contributed by atoms with Crippen LogP contribution in [0.2, 0.25) is 10.0 Å². The zero-order chi connectivity index (χ0) is 15.9. The quantitative estimate of drug-likeness (QED) is 0.758. The molecule has 1 atom stereocenters. The number of likely N-dealkylation sites (tertiary alicyclic amines) is 1. The molecule has 0 aliphatic carbocycles. The Hall–Kier alpha value is -0.480. The van der Waals surface area contributed by atoms with E-state index in [-0.39, 0.29) is 0 Å². The highest BCUT2D eigenvalue weighted by Gasteiger charge is 2.22. The molecule has 1 N–H and O–H groups in total. The van der Waals surface area contributed by atoms with Crippen molar-refractivity contribution in [2.75, 3.05) is 26.2 Å². The van der Waals surface area contributed by atoms with Gasteiger partial charge in [0, 0.05) is 19.1 Å². The van der Waals surface area contributed by atoms with Gasteiger partial charge in [0.15, 0.2) is 5.75 Å². The predicted molar refractivity (Wildman–Crippen MR) is 94.2 cm³/mol. The first-order valence-electron chi connectivity index (χ1n) is 8.21. The largest absolute Gasteiger partial charge is 0.490 e. The molecule has 1 aromatic rings. The molecule has 124 valence electrons. The van der Waals surface area contributed by atoms with E-state index in [0.29, 0.717) is 28.4 Å². The Morgan fingerprint density at radius 2 is 2.00 bits per heavy atom. The van der Waals surface area contributed by atoms with E-state index in [1.807, 2.05) is 12.1 Å². The minimum absolute atomic E-state index is 0.591. The van der Waals surface area contributed by atoms with Crippen LogP contribution in [-0.4, -0.2) is 37.2 Å². The molecular weight excluding hydrogens is 319 g/mol. The van der Waals surface area contributed by atoms with Crippen molar-refractivity contribution >= 4 is 23.2 Å². The van der Waals surface area contributed by atoms with Crippen molar-refractivity contribution in [2.24, 2.45) is 0 Å². The van der Waals surface area contributed by atoms with Crippen molar-refractivity contribution in [3.05, 3.63) is 27.7 Å². The lowest BCUT2D eigenvalue weighted by Crippen LogP contribution is -2.37. The van der Waals surface area contributed by atoms with Gasteiger partial charge in [0.2, 0.25) is 0 Å². The van der Waals surface area contributed by atoms with Crippen LogP contribution in [0.4, 0.5) is 0 Å². The van der Waals surface area contributed by atoms with Gasteiger partial charge in [-0.05, 0) is 50.0 Å². The lowest BCUT2D eigenvalue weighted by Gasteiger charge is -2.23. The number of rotatable bonds is 8. The fourth-order valence-electron chi connectivity index (χ4n) is 2.98. The molecule has 0 saturated carbocycles. The normalized spacial score (nSPS) is 18.8. The molecule has 2 rings (SSSR count). The maximum Gasteiger partial charge on any atom is 0.156 e. The van der Waals surface area contributed by atoms with Crippen molar-refractivity contribution < 1.29 is 4.74 Å². The van der Waals surface area contributed by atoms with Gasteiger partial charge < -0.3 is 10.1 Å². The van der Waals surface area contributed by atoms with Gasteiger partial charge in [-0.2, -0.15) is 0 Å². The SMILES string of the molecule is CCCOc1c(Cl)cc(CNCC2CCCN2CC)cc1Cl. The molecule has 1 unspecified atom stereocenters. The Morgan fingerprint density at radius 1 is 1.27 bits per heavy atom. The van der Waals surface area contributed by atoms with Crippen molar-refractivity contribution in [3.63, 3.8) is 0 Å². The molecule has 1 aliphatic heterocycles. The van der Waals surface area contributed by atoms with Crippen molar-refractivity contribution in [1.82, 2.24) is 10.2 Å². The van der Waals surface area contributed by atoms with Gasteiger partial charge in [-0.15, -0.1) is 0 Å². The summed E-state index contributed by atoms with van der Waals surface area (Å²) in [5.41, 5.74) is 1.10. The molecule has 0 amide bonds. The topological polar surface area (TPSA) is 24.5 Å². The van der Waals surface area contributed by atoms with E-state index in [1.54, 1.807) is 0 Å². The lowest BCUT2D eigenvalue weighted by atomic mass is 10.2. The van der Waals surface area contributed by atoms with Crippen LogP contribution in [0.15, 0.2) is 12.1 Å². The van der Waals surface area contributed by atoms with Crippen LogP contribution in [0, 0.1) is 0 Å². The summed E-state index contributed by atoms with van der Waals surface area (Å²) in [4.78, 5) is 2.54. The summed E-state index contributed by atoms with van der Waals surface area (Å²) < 4.78 is 5.60. The lowest BCUT2D eigenvalue weighted by molar-refractivity contribution is 0.260. The number of nitrogens with one attached hydrogen (secondary N) is 1. The van der Waals surface area contributed by atoms with Gasteiger partial charge in [0.1, 0.15) is 0 Å². The third-order valence-electron chi connectivity index (χ3n) is 4.12. The van der Waals surface area contributed by atoms with Crippen LogP contribution in [0.5, 0.6) is 5.75 Å². The molecule has 1 saturated heterocycles. The monoisotopic (exact) mass is 344 g/mol. The Kier molecular flexibility index (Phi) is 7.29. The molecular formula is C17H26Cl2N2O. The number of ether oxygens (including phenoxy) is 1. The Morgan fingerprint density at radius 3 is 2.64 bits per heavy atom. The van der Waals surface area contributed by atoms with E-state index >= 15 is 0 Å². The molecule has 1 aliphatic rings. The molecule has 0 bridgehead atoms. The molecule has 3 nitrogen and oxygen atoms in total. The number of hydrogen-bond donors (Lipinski definition) is 1. The van der Waals surface area contributed by atoms with Crippen LogP contribution < -0.4 is 10.1 Å². The van der Waals surface area contributed by atoms with E-state index in [9.17, 15) is 0 Å². The summed E-state index contributed by atoms with van der Waals surface area (Å²) in [5.74, 6) is 0.599. The number of benzene rings is 1. The van der Waals surface area contributed by atoms with Gasteiger partial charge in [-0.3, -0.25) is 4.90 Å². The van der Waals surface area contributed by atoms with Crippen molar-refractivity contribution in [3.8, 4) is 5.75 Å². The minimum Gasteiger partial charge on any atom is -0.490 e. The van der Waals surface area contributed by atoms with Gasteiger partial charge >= 0.3 is 0 Å². The van der Waals surface area contributed by atoms with Crippen molar-refractivity contribution in [1.29, 1.82) is 0 Å². The van der Waals surface area contributed by atoms with Crippen LogP contribution >= 0.6 is 23.2 Å². The van der Waals surface area contributed by atoms with Gasteiger partial charge in [0.05, 0.1) is 16.7 Å². The standard InChI is InChI=1S/C17H26Cl2N2O/c1-3-8-22-17-15(18)9-13(10-16(17)19)11-20-12-14-6-5-7-21(14)4-2/h9-10,14,20H,3-8,11-12H2,1-2H3. The van der Waals surface area contributed by atoms with E-state index in [2.05, 4.69) is 24.1 Å². The van der Waals surface area contributed by atoms with Crippen LogP contribution in [0.25, 0.3) is 0 Å². The summed E-state index contributed by atoms with van der Waals surface area (Å²) in [6, 6.07) is 4.54. The number of halogens is 2. The second-order valence-electron chi connectivity index (χ2n) is 5.79. The molecule has 0 radical (unpaired) electrons. The van der Waals surface area contributed by atoms with Gasteiger partial charge in [-0.25, -0.2) is 0 Å². The predicted octanol–water partition coefficient (Wildman–Crippen LogP) is 4.36. The zero-order valence-corrected chi connectivity index (χ0v) is 15.0. The second kappa shape index (κ2) is 8.97. The molecule has 1 fully saturated rings. The second-order valence-corrected chi connectivity index (χ2v) is 6.61. The first-order chi connectivity index (χ1) is 10.7. The summed E-state index contributed by atoms with van der Waals surface area (Å²) in [5, 5.41) is 4.71. The van der Waals surface area contributed by atoms with Crippen LogP contribution in [0.3, 0.4) is 0 Å². The minimum atomic E-state index is 0.591. The fourth-order valence-corrected chi connectivity index (χ4v) is 3.62. The smallest absolute Gasteiger partial charge is 0.156 e. The van der Waals surface area contributed by atoms with E-state index in [4.69, 9.17) is 27.9 Å². The third-order valence-corrected chi connectivity index (χ3v) is 4.68. The average Bonchev–Trinajstić information content (AvgIpc) is 2.94. The molecule has 1 aromatic carbocycles. The average molecular weight is 345 g/mol. The maximum atomic E-state index is 6.28. The first kappa shape index (κ1) is 17.9. The maximum absolute atomic E-state index is 6.28. The number of likely N-dealkylation sites (N-methyl/N-ethyl adjacent to an activating group) is 1. The molecule has 1 heterocycles. The highest BCUT2D eigenvalue weighted by atomic mass is 35.5. The first-order valence-corrected chi connectivity index (χ1v) is 8.96. The van der Waals surface area contributed by atoms with Gasteiger partial charge in [0.25, 0.3) is 0 Å². The van der Waals surface area contributed by atoms with Crippen LogP contribution in [-0.2, 0) is 6.54 Å². The molecule has 5 heteroatoms. The Labute approximate surface area is 143 Å². The van der Waals surface area contributed by atoms with E-state index in [1.165, 1.54) is 19.4 Å². The number of hydrogen-bond acceptors (Lipinski definition) is 3. The summed E-state index contributed by atoms with van der Waals surface area (Å²) in [6.45, 7) is 9.07. The zero-order valence-electron chi connectivity index (χ0n) is 13.5. The summed E-state index contributed by atoms with van der Waals surface area (Å²) in [6.07, 6.45) is 3.53. The summed E-state index contributed by atoms with van der Waals surface area (Å²) >= 11 is 12.6. The molecule has 22 heavy (non-hydrogen) atoms. The fraction of sp³-hybridized carbons (Fsp3) is 0.647. The van der Waals surface area contributed by atoms with Gasteiger partial charge in [-0.1, -0.05) is 37.0 Å². The van der Waals surface area contributed by atoms with Crippen molar-refractivity contribution in [2.45, 2.75) is 45.7 Å². The van der Waals surface area contributed by atoms with E-state index in [0.717, 1.165) is 31.6 Å². The molecule has 0 spiro atoms. The number of nitrogens with zero attached hydrogens (tertiary/aromatic N) is 1. The highest BCUT2D eigenvalue weighted by molar-refractivity contribution is 6.37.